The minimum absolute atomic E-state index is 0.301. The SMILES string of the molecule is Cn1cc(CCCNC(=O)OCc2ccccc2)cn1. The number of nitrogens with one attached hydrogen (secondary N) is 1. The molecular weight excluding hydrogens is 254 g/mol. The Hall–Kier alpha value is -2.30. The average molecular weight is 273 g/mol. The van der Waals surface area contributed by atoms with Gasteiger partial charge >= 0.3 is 6.09 Å². The molecular formula is C15H19N3O2. The van der Waals surface area contributed by atoms with Gasteiger partial charge in [-0.3, -0.25) is 4.68 Å². The van der Waals surface area contributed by atoms with Crippen molar-refractivity contribution in [1.29, 1.82) is 0 Å². The number of rotatable bonds is 6. The van der Waals surface area contributed by atoms with E-state index in [9.17, 15) is 4.79 Å². The average Bonchev–Trinajstić information content (AvgIpc) is 2.88. The molecule has 5 nitrogen and oxygen atoms in total. The van der Waals surface area contributed by atoms with Gasteiger partial charge in [0.15, 0.2) is 0 Å². The third-order valence-corrected chi connectivity index (χ3v) is 2.88. The van der Waals surface area contributed by atoms with Crippen LogP contribution in [0.4, 0.5) is 4.79 Å². The fourth-order valence-corrected chi connectivity index (χ4v) is 1.86. The van der Waals surface area contributed by atoms with E-state index in [0.717, 1.165) is 18.4 Å². The maximum atomic E-state index is 11.5. The van der Waals surface area contributed by atoms with E-state index in [0.29, 0.717) is 13.2 Å². The van der Waals surface area contributed by atoms with Crippen molar-refractivity contribution in [3.63, 3.8) is 0 Å². The highest BCUT2D eigenvalue weighted by Gasteiger charge is 2.02. The second kappa shape index (κ2) is 7.33. The molecule has 0 aliphatic carbocycles. The number of amides is 1. The Kier molecular flexibility index (Phi) is 5.17. The van der Waals surface area contributed by atoms with Gasteiger partial charge in [-0.2, -0.15) is 5.10 Å². The van der Waals surface area contributed by atoms with Crippen LogP contribution in [0.3, 0.4) is 0 Å². The lowest BCUT2D eigenvalue weighted by atomic mass is 10.2. The van der Waals surface area contributed by atoms with Gasteiger partial charge in [-0.25, -0.2) is 4.79 Å². The zero-order valence-electron chi connectivity index (χ0n) is 11.6. The highest BCUT2D eigenvalue weighted by molar-refractivity contribution is 5.67. The maximum absolute atomic E-state index is 11.5. The van der Waals surface area contributed by atoms with Crippen LogP contribution in [0.5, 0.6) is 0 Å². The fourth-order valence-electron chi connectivity index (χ4n) is 1.86. The Morgan fingerprint density at radius 3 is 2.80 bits per heavy atom. The van der Waals surface area contributed by atoms with E-state index in [2.05, 4.69) is 10.4 Å². The first-order chi connectivity index (χ1) is 9.74. The normalized spacial score (nSPS) is 10.2. The van der Waals surface area contributed by atoms with E-state index < -0.39 is 0 Å². The topological polar surface area (TPSA) is 56.2 Å². The smallest absolute Gasteiger partial charge is 0.407 e. The van der Waals surface area contributed by atoms with E-state index in [1.165, 1.54) is 5.56 Å². The zero-order valence-corrected chi connectivity index (χ0v) is 11.6. The number of aromatic nitrogens is 2. The predicted octanol–water partition coefficient (Wildman–Crippen LogP) is 2.28. The van der Waals surface area contributed by atoms with Crippen LogP contribution in [0.25, 0.3) is 0 Å². The molecule has 0 saturated heterocycles. The summed E-state index contributed by atoms with van der Waals surface area (Å²) in [5, 5.41) is 6.84. The number of hydrogen-bond donors (Lipinski definition) is 1. The molecule has 0 spiro atoms. The van der Waals surface area contributed by atoms with Crippen molar-refractivity contribution >= 4 is 6.09 Å². The maximum Gasteiger partial charge on any atom is 0.407 e. The van der Waals surface area contributed by atoms with Crippen molar-refractivity contribution in [2.75, 3.05) is 6.54 Å². The van der Waals surface area contributed by atoms with Gasteiger partial charge in [0.1, 0.15) is 6.61 Å². The van der Waals surface area contributed by atoms with Crippen LogP contribution in [-0.2, 0) is 24.8 Å². The van der Waals surface area contributed by atoms with Crippen molar-refractivity contribution in [2.45, 2.75) is 19.4 Å². The minimum atomic E-state index is -0.375. The van der Waals surface area contributed by atoms with E-state index in [1.807, 2.05) is 49.8 Å². The third-order valence-electron chi connectivity index (χ3n) is 2.88. The number of aryl methyl sites for hydroxylation is 2. The lowest BCUT2D eigenvalue weighted by molar-refractivity contribution is 0.139. The first-order valence-electron chi connectivity index (χ1n) is 6.66. The van der Waals surface area contributed by atoms with Gasteiger partial charge < -0.3 is 10.1 Å². The highest BCUT2D eigenvalue weighted by Crippen LogP contribution is 2.01. The molecule has 1 amide bonds. The van der Waals surface area contributed by atoms with Gasteiger partial charge in [0.2, 0.25) is 0 Å². The second-order valence-electron chi connectivity index (χ2n) is 4.61. The monoisotopic (exact) mass is 273 g/mol. The molecule has 0 aliphatic heterocycles. The molecule has 2 aromatic rings. The largest absolute Gasteiger partial charge is 0.445 e. The molecule has 0 atom stereocenters. The van der Waals surface area contributed by atoms with Gasteiger partial charge in [0.05, 0.1) is 6.20 Å². The second-order valence-corrected chi connectivity index (χ2v) is 4.61. The molecule has 5 heteroatoms. The van der Waals surface area contributed by atoms with E-state index in [4.69, 9.17) is 4.74 Å². The van der Waals surface area contributed by atoms with Crippen LogP contribution in [0.15, 0.2) is 42.7 Å². The van der Waals surface area contributed by atoms with Crippen molar-refractivity contribution in [2.24, 2.45) is 7.05 Å². The molecule has 0 bridgehead atoms. The molecule has 1 heterocycles. The summed E-state index contributed by atoms with van der Waals surface area (Å²) in [5.74, 6) is 0. The van der Waals surface area contributed by atoms with Crippen molar-refractivity contribution in [3.05, 3.63) is 53.9 Å². The molecule has 106 valence electrons. The molecule has 0 radical (unpaired) electrons. The molecule has 20 heavy (non-hydrogen) atoms. The zero-order chi connectivity index (χ0) is 14.2. The Morgan fingerprint density at radius 1 is 1.30 bits per heavy atom. The minimum Gasteiger partial charge on any atom is -0.445 e. The fraction of sp³-hybridized carbons (Fsp3) is 0.333. The summed E-state index contributed by atoms with van der Waals surface area (Å²) in [5.41, 5.74) is 2.16. The van der Waals surface area contributed by atoms with E-state index in [1.54, 1.807) is 4.68 Å². The molecule has 0 unspecified atom stereocenters. The molecule has 1 aromatic heterocycles. The van der Waals surface area contributed by atoms with Gasteiger partial charge in [-0.15, -0.1) is 0 Å². The number of carbonyl (C=O) groups excluding carboxylic acids is 1. The lowest BCUT2D eigenvalue weighted by Crippen LogP contribution is -2.25. The molecule has 2 rings (SSSR count). The highest BCUT2D eigenvalue weighted by atomic mass is 16.5. The number of benzene rings is 1. The third kappa shape index (κ3) is 4.76. The lowest BCUT2D eigenvalue weighted by Gasteiger charge is -2.06. The van der Waals surface area contributed by atoms with Crippen LogP contribution in [0.2, 0.25) is 0 Å². The quantitative estimate of drug-likeness (QED) is 0.821. The number of hydrogen-bond acceptors (Lipinski definition) is 3. The number of nitrogens with zero attached hydrogens (tertiary/aromatic N) is 2. The van der Waals surface area contributed by atoms with Crippen LogP contribution >= 0.6 is 0 Å². The van der Waals surface area contributed by atoms with Crippen molar-refractivity contribution in [3.8, 4) is 0 Å². The number of carbonyl (C=O) groups is 1. The van der Waals surface area contributed by atoms with Crippen LogP contribution < -0.4 is 5.32 Å². The Balaban J connectivity index is 1.58. The summed E-state index contributed by atoms with van der Waals surface area (Å²) >= 11 is 0. The van der Waals surface area contributed by atoms with Gasteiger partial charge in [-0.1, -0.05) is 30.3 Å². The Morgan fingerprint density at radius 2 is 2.10 bits per heavy atom. The van der Waals surface area contributed by atoms with Gasteiger partial charge in [0, 0.05) is 19.8 Å². The van der Waals surface area contributed by atoms with Gasteiger partial charge in [0.25, 0.3) is 0 Å². The summed E-state index contributed by atoms with van der Waals surface area (Å²) in [6.45, 7) is 0.901. The molecule has 1 aromatic carbocycles. The van der Waals surface area contributed by atoms with Crippen LogP contribution in [0, 0.1) is 0 Å². The first kappa shape index (κ1) is 14.1. The summed E-state index contributed by atoms with van der Waals surface area (Å²) in [7, 11) is 1.89. The summed E-state index contributed by atoms with van der Waals surface area (Å²) in [4.78, 5) is 11.5. The number of alkyl carbamates (subject to hydrolysis) is 1. The van der Waals surface area contributed by atoms with E-state index >= 15 is 0 Å². The van der Waals surface area contributed by atoms with Crippen molar-refractivity contribution in [1.82, 2.24) is 15.1 Å². The Labute approximate surface area is 118 Å². The number of ether oxygens (including phenoxy) is 1. The summed E-state index contributed by atoms with van der Waals surface area (Å²) in [6, 6.07) is 9.63. The molecule has 0 saturated carbocycles. The summed E-state index contributed by atoms with van der Waals surface area (Å²) < 4.78 is 6.89. The van der Waals surface area contributed by atoms with Crippen LogP contribution in [-0.4, -0.2) is 22.4 Å². The van der Waals surface area contributed by atoms with E-state index in [-0.39, 0.29) is 6.09 Å². The van der Waals surface area contributed by atoms with Gasteiger partial charge in [-0.05, 0) is 24.0 Å². The molecule has 1 N–H and O–H groups in total. The van der Waals surface area contributed by atoms with Crippen molar-refractivity contribution < 1.29 is 9.53 Å². The Bertz CT molecular complexity index is 537. The first-order valence-corrected chi connectivity index (χ1v) is 6.66. The molecule has 0 aliphatic rings. The standard InChI is InChI=1S/C15H19N3O2/c1-18-11-14(10-17-18)8-5-9-16-15(19)20-12-13-6-3-2-4-7-13/h2-4,6-7,10-11H,5,8-9,12H2,1H3,(H,16,19). The molecule has 0 fully saturated rings. The summed E-state index contributed by atoms with van der Waals surface area (Å²) in [6.07, 6.45) is 5.21. The predicted molar refractivity (Wildman–Crippen MR) is 76.2 cm³/mol. The van der Waals surface area contributed by atoms with Crippen LogP contribution in [0.1, 0.15) is 17.5 Å².